The van der Waals surface area contributed by atoms with E-state index in [1.54, 1.807) is 19.9 Å². The smallest absolute Gasteiger partial charge is 0.324 e. The van der Waals surface area contributed by atoms with Gasteiger partial charge in [0.15, 0.2) is 5.41 Å². The number of carbonyl (C=O) groups excluding carboxylic acids is 2. The van der Waals surface area contributed by atoms with E-state index >= 15 is 0 Å². The third-order valence-electron chi connectivity index (χ3n) is 3.31. The molecular weight excluding hydrogens is 374 g/mol. The summed E-state index contributed by atoms with van der Waals surface area (Å²) in [7, 11) is 0. The lowest BCUT2D eigenvalue weighted by atomic mass is 9.81. The van der Waals surface area contributed by atoms with Gasteiger partial charge in [0.05, 0.1) is 25.7 Å². The quantitative estimate of drug-likeness (QED) is 0.495. The Morgan fingerprint density at radius 2 is 1.71 bits per heavy atom. The zero-order chi connectivity index (χ0) is 18.0. The number of nitrogens with zero attached hydrogens (tertiary/aromatic N) is 1. The molecule has 0 bridgehead atoms. The van der Waals surface area contributed by atoms with Crippen molar-refractivity contribution in [1.29, 1.82) is 5.26 Å². The van der Waals surface area contributed by atoms with Crippen LogP contribution in [0.15, 0.2) is 34.8 Å². The Bertz CT molecular complexity index is 616. The predicted molar refractivity (Wildman–Crippen MR) is 93.9 cm³/mol. The van der Waals surface area contributed by atoms with Crippen LogP contribution >= 0.6 is 15.9 Å². The normalized spacial score (nSPS) is 11.5. The Balaban J connectivity index is 3.20. The number of ether oxygens (including phenoxy) is 2. The molecule has 1 aromatic rings. The second kappa shape index (κ2) is 9.89. The average molecular weight is 394 g/mol. The van der Waals surface area contributed by atoms with E-state index in [1.165, 1.54) is 0 Å². The highest BCUT2D eigenvalue weighted by Crippen LogP contribution is 2.36. The summed E-state index contributed by atoms with van der Waals surface area (Å²) in [5.74, 6) is -1.49. The lowest BCUT2D eigenvalue weighted by molar-refractivity contribution is -0.171. The Hall–Kier alpha value is -2.13. The Morgan fingerprint density at radius 3 is 2.17 bits per heavy atom. The number of nitriles is 1. The minimum absolute atomic E-state index is 0.00682. The zero-order valence-electron chi connectivity index (χ0n) is 13.8. The van der Waals surface area contributed by atoms with Gasteiger partial charge in [-0.3, -0.25) is 9.59 Å². The molecule has 6 heteroatoms. The highest BCUT2D eigenvalue weighted by molar-refractivity contribution is 9.11. The Morgan fingerprint density at radius 1 is 1.17 bits per heavy atom. The maximum absolute atomic E-state index is 12.4. The van der Waals surface area contributed by atoms with Crippen LogP contribution < -0.4 is 0 Å². The highest BCUT2D eigenvalue weighted by atomic mass is 79.9. The van der Waals surface area contributed by atoms with E-state index in [2.05, 4.69) is 15.9 Å². The van der Waals surface area contributed by atoms with E-state index in [1.807, 2.05) is 36.4 Å². The zero-order valence-corrected chi connectivity index (χ0v) is 15.3. The number of rotatable bonds is 8. The summed E-state index contributed by atoms with van der Waals surface area (Å²) < 4.78 is 10.7. The van der Waals surface area contributed by atoms with Gasteiger partial charge in [-0.2, -0.15) is 5.26 Å². The summed E-state index contributed by atoms with van der Waals surface area (Å²) >= 11 is 3.40. The molecule has 0 radical (unpaired) electrons. The van der Waals surface area contributed by atoms with Gasteiger partial charge < -0.3 is 9.47 Å². The van der Waals surface area contributed by atoms with Crippen molar-refractivity contribution in [2.24, 2.45) is 5.41 Å². The van der Waals surface area contributed by atoms with Crippen molar-refractivity contribution in [2.75, 3.05) is 13.2 Å². The monoisotopic (exact) mass is 393 g/mol. The van der Waals surface area contributed by atoms with Crippen LogP contribution in [0.5, 0.6) is 0 Å². The van der Waals surface area contributed by atoms with Gasteiger partial charge >= 0.3 is 11.9 Å². The Labute approximate surface area is 150 Å². The molecule has 0 amide bonds. The Kier molecular flexibility index (Phi) is 8.20. The third-order valence-corrected chi connectivity index (χ3v) is 3.82. The van der Waals surface area contributed by atoms with Gasteiger partial charge in [0, 0.05) is 6.42 Å². The molecule has 1 rings (SSSR count). The fourth-order valence-corrected chi connectivity index (χ4v) is 2.92. The number of carbonyl (C=O) groups is 2. The van der Waals surface area contributed by atoms with Crippen molar-refractivity contribution < 1.29 is 19.1 Å². The van der Waals surface area contributed by atoms with Crippen LogP contribution in [-0.4, -0.2) is 25.2 Å². The molecular formula is C18H20BrNO4. The van der Waals surface area contributed by atoms with E-state index in [4.69, 9.17) is 14.7 Å². The summed E-state index contributed by atoms with van der Waals surface area (Å²) in [5, 5.41) is 9.14. The summed E-state index contributed by atoms with van der Waals surface area (Å²) in [5.41, 5.74) is -0.770. The van der Waals surface area contributed by atoms with Crippen molar-refractivity contribution in [3.8, 4) is 6.07 Å². The largest absolute Gasteiger partial charge is 0.465 e. The molecule has 1 aromatic carbocycles. The number of allylic oxidation sites excluding steroid dienone is 1. The van der Waals surface area contributed by atoms with Gasteiger partial charge in [0.1, 0.15) is 0 Å². The van der Waals surface area contributed by atoms with E-state index in [9.17, 15) is 9.59 Å². The van der Waals surface area contributed by atoms with E-state index in [0.717, 1.165) is 5.56 Å². The fraction of sp³-hybridized carbons (Fsp3) is 0.389. The molecule has 128 valence electrons. The van der Waals surface area contributed by atoms with E-state index in [-0.39, 0.29) is 26.1 Å². The highest BCUT2D eigenvalue weighted by Gasteiger charge is 2.49. The third kappa shape index (κ3) is 5.20. The molecule has 0 atom stereocenters. The molecule has 0 saturated carbocycles. The van der Waals surface area contributed by atoms with Gasteiger partial charge in [-0.1, -0.05) is 46.3 Å². The number of esters is 2. The topological polar surface area (TPSA) is 76.4 Å². The fourth-order valence-electron chi connectivity index (χ4n) is 2.18. The van der Waals surface area contributed by atoms with Gasteiger partial charge in [-0.05, 0) is 30.0 Å². The van der Waals surface area contributed by atoms with Crippen LogP contribution in [0.3, 0.4) is 0 Å². The van der Waals surface area contributed by atoms with Crippen LogP contribution in [-0.2, 0) is 19.1 Å². The van der Waals surface area contributed by atoms with E-state index < -0.39 is 17.4 Å². The number of benzene rings is 1. The molecule has 24 heavy (non-hydrogen) atoms. The van der Waals surface area contributed by atoms with Crippen LogP contribution in [0.2, 0.25) is 0 Å². The molecule has 0 heterocycles. The summed E-state index contributed by atoms with van der Waals surface area (Å²) in [6.45, 7) is 3.53. The SMILES string of the molecule is CCOC(=O)C(CC#N)(C/C(Br)=C/c1ccccc1)C(=O)OCC. The molecule has 0 saturated heterocycles. The standard InChI is InChI=1S/C18H20BrNO4/c1-3-23-16(21)18(10-11-20,17(22)24-4-2)13-15(19)12-14-8-6-5-7-9-14/h5-9,12H,3-4,10,13H2,1-2H3/b15-12-. The number of halogens is 1. The van der Waals surface area contributed by atoms with Crippen molar-refractivity contribution >= 4 is 33.9 Å². The molecule has 0 N–H and O–H groups in total. The lowest BCUT2D eigenvalue weighted by Crippen LogP contribution is -2.42. The molecule has 0 aliphatic rings. The molecule has 0 aromatic heterocycles. The summed E-state index contributed by atoms with van der Waals surface area (Å²) in [6, 6.07) is 11.3. The maximum Gasteiger partial charge on any atom is 0.324 e. The molecule has 0 fully saturated rings. The molecule has 0 aliphatic heterocycles. The molecule has 0 unspecified atom stereocenters. The first-order chi connectivity index (χ1) is 11.5. The van der Waals surface area contributed by atoms with Crippen LogP contribution in [0.1, 0.15) is 32.3 Å². The minimum atomic E-state index is -1.68. The second-order valence-electron chi connectivity index (χ2n) is 5.04. The molecule has 5 nitrogen and oxygen atoms in total. The van der Waals surface area contributed by atoms with Gasteiger partial charge in [0.2, 0.25) is 0 Å². The van der Waals surface area contributed by atoms with Crippen molar-refractivity contribution in [2.45, 2.75) is 26.7 Å². The first-order valence-electron chi connectivity index (χ1n) is 7.62. The van der Waals surface area contributed by atoms with Crippen molar-refractivity contribution in [3.63, 3.8) is 0 Å². The van der Waals surface area contributed by atoms with Crippen molar-refractivity contribution in [3.05, 3.63) is 40.4 Å². The lowest BCUT2D eigenvalue weighted by Gasteiger charge is -2.26. The average Bonchev–Trinajstić information content (AvgIpc) is 2.55. The van der Waals surface area contributed by atoms with Gasteiger partial charge in [0.25, 0.3) is 0 Å². The van der Waals surface area contributed by atoms with Crippen LogP contribution in [0.4, 0.5) is 0 Å². The molecule has 0 spiro atoms. The van der Waals surface area contributed by atoms with Crippen LogP contribution in [0.25, 0.3) is 6.08 Å². The number of hydrogen-bond donors (Lipinski definition) is 0. The van der Waals surface area contributed by atoms with Gasteiger partial charge in [-0.25, -0.2) is 0 Å². The van der Waals surface area contributed by atoms with Crippen LogP contribution in [0, 0.1) is 16.7 Å². The predicted octanol–water partition coefficient (Wildman–Crippen LogP) is 3.84. The molecule has 0 aliphatic carbocycles. The van der Waals surface area contributed by atoms with Gasteiger partial charge in [-0.15, -0.1) is 0 Å². The second-order valence-corrected chi connectivity index (χ2v) is 6.06. The number of hydrogen-bond acceptors (Lipinski definition) is 5. The summed E-state index contributed by atoms with van der Waals surface area (Å²) in [4.78, 5) is 24.9. The van der Waals surface area contributed by atoms with Crippen molar-refractivity contribution in [1.82, 2.24) is 0 Å². The maximum atomic E-state index is 12.4. The first kappa shape index (κ1) is 19.9. The first-order valence-corrected chi connectivity index (χ1v) is 8.42. The van der Waals surface area contributed by atoms with E-state index in [0.29, 0.717) is 4.48 Å². The minimum Gasteiger partial charge on any atom is -0.465 e. The summed E-state index contributed by atoms with van der Waals surface area (Å²) in [6.07, 6.45) is 1.47.